The molecule has 2 aliphatic rings. The zero-order valence-electron chi connectivity index (χ0n) is 19.4. The van der Waals surface area contributed by atoms with Crippen LogP contribution in [0.2, 0.25) is 0 Å². The second-order valence-electron chi connectivity index (χ2n) is 9.40. The van der Waals surface area contributed by atoms with Gasteiger partial charge in [0.05, 0.1) is 42.3 Å². The number of anilines is 3. The predicted octanol–water partition coefficient (Wildman–Crippen LogP) is 3.77. The predicted molar refractivity (Wildman–Crippen MR) is 132 cm³/mol. The van der Waals surface area contributed by atoms with Gasteiger partial charge in [0.1, 0.15) is 12.4 Å². The van der Waals surface area contributed by atoms with E-state index in [2.05, 4.69) is 41.1 Å². The number of morpholine rings is 2. The molecule has 7 heteroatoms. The maximum Gasteiger partial charge on any atom is 0.253 e. The normalized spacial score (nSPS) is 18.7. The lowest BCUT2D eigenvalue weighted by molar-refractivity contribution is -0.135. The molecule has 172 valence electrons. The number of rotatable bonds is 3. The standard InChI is InChI=1S/C26H30N4O3/c1-17-5-4-6-21(30-16-26(2,3)33-15-23(30)31)24(17)18-7-8-20-19(13-18)14-22(25(27)28-20)29-9-11-32-12-10-29/h4-8,13-14H,9-12,15-16H2,1-3H3,(H2,27,28). The van der Waals surface area contributed by atoms with Gasteiger partial charge >= 0.3 is 0 Å². The fourth-order valence-electron chi connectivity index (χ4n) is 4.72. The van der Waals surface area contributed by atoms with Crippen LogP contribution in [0.25, 0.3) is 22.0 Å². The van der Waals surface area contributed by atoms with Crippen molar-refractivity contribution in [1.82, 2.24) is 4.98 Å². The largest absolute Gasteiger partial charge is 0.382 e. The van der Waals surface area contributed by atoms with Crippen LogP contribution in [-0.4, -0.2) is 55.9 Å². The summed E-state index contributed by atoms with van der Waals surface area (Å²) < 4.78 is 11.2. The van der Waals surface area contributed by atoms with Gasteiger partial charge in [0.25, 0.3) is 5.91 Å². The zero-order chi connectivity index (χ0) is 23.2. The fourth-order valence-corrected chi connectivity index (χ4v) is 4.72. The average molecular weight is 447 g/mol. The van der Waals surface area contributed by atoms with E-state index in [-0.39, 0.29) is 12.5 Å². The molecular weight excluding hydrogens is 416 g/mol. The molecule has 2 saturated heterocycles. The number of hydrogen-bond donors (Lipinski definition) is 1. The van der Waals surface area contributed by atoms with Crippen LogP contribution in [0.3, 0.4) is 0 Å². The summed E-state index contributed by atoms with van der Waals surface area (Å²) in [4.78, 5) is 21.6. The lowest BCUT2D eigenvalue weighted by atomic mass is 9.95. The van der Waals surface area contributed by atoms with Crippen LogP contribution in [0.1, 0.15) is 19.4 Å². The molecule has 33 heavy (non-hydrogen) atoms. The summed E-state index contributed by atoms with van der Waals surface area (Å²) in [5.74, 6) is 0.515. The molecule has 5 rings (SSSR count). The molecule has 2 fully saturated rings. The van der Waals surface area contributed by atoms with E-state index in [0.717, 1.165) is 52.1 Å². The van der Waals surface area contributed by atoms with Gasteiger partial charge in [0.2, 0.25) is 0 Å². The number of carbonyl (C=O) groups is 1. The first-order valence-electron chi connectivity index (χ1n) is 11.4. The number of nitrogen functional groups attached to an aromatic ring is 1. The summed E-state index contributed by atoms with van der Waals surface area (Å²) in [6.07, 6.45) is 0. The van der Waals surface area contributed by atoms with E-state index in [4.69, 9.17) is 15.2 Å². The van der Waals surface area contributed by atoms with E-state index in [1.807, 2.05) is 36.9 Å². The molecule has 2 aromatic carbocycles. The number of nitrogens with zero attached hydrogens (tertiary/aromatic N) is 3. The molecule has 1 aromatic heterocycles. The Labute approximate surface area is 194 Å². The lowest BCUT2D eigenvalue weighted by Crippen LogP contribution is -2.52. The molecule has 1 amide bonds. The Bertz CT molecular complexity index is 1220. The number of pyridine rings is 1. The highest BCUT2D eigenvalue weighted by atomic mass is 16.5. The molecule has 0 spiro atoms. The topological polar surface area (TPSA) is 80.9 Å². The molecule has 0 radical (unpaired) electrons. The zero-order valence-corrected chi connectivity index (χ0v) is 19.4. The summed E-state index contributed by atoms with van der Waals surface area (Å²) >= 11 is 0. The monoisotopic (exact) mass is 446 g/mol. The van der Waals surface area contributed by atoms with E-state index in [1.165, 1.54) is 0 Å². The second-order valence-corrected chi connectivity index (χ2v) is 9.40. The highest BCUT2D eigenvalue weighted by Gasteiger charge is 2.34. The van der Waals surface area contributed by atoms with Crippen LogP contribution < -0.4 is 15.5 Å². The van der Waals surface area contributed by atoms with E-state index >= 15 is 0 Å². The molecule has 3 aromatic rings. The minimum Gasteiger partial charge on any atom is -0.382 e. The molecule has 0 bridgehead atoms. The number of benzene rings is 2. The molecular formula is C26H30N4O3. The maximum absolute atomic E-state index is 12.8. The Hall–Kier alpha value is -3.16. The molecule has 2 aliphatic heterocycles. The van der Waals surface area contributed by atoms with Crippen molar-refractivity contribution in [2.45, 2.75) is 26.4 Å². The molecule has 2 N–H and O–H groups in total. The van der Waals surface area contributed by atoms with Crippen molar-refractivity contribution in [1.29, 1.82) is 0 Å². The van der Waals surface area contributed by atoms with Crippen LogP contribution in [-0.2, 0) is 14.3 Å². The minimum absolute atomic E-state index is 0.0222. The first-order chi connectivity index (χ1) is 15.8. The van der Waals surface area contributed by atoms with Crippen LogP contribution in [0.5, 0.6) is 0 Å². The number of ether oxygens (including phenoxy) is 2. The number of aryl methyl sites for hydroxylation is 1. The summed E-state index contributed by atoms with van der Waals surface area (Å²) in [5.41, 5.74) is 11.8. The van der Waals surface area contributed by atoms with Crippen molar-refractivity contribution in [2.24, 2.45) is 0 Å². The Kier molecular flexibility index (Phi) is 5.46. The summed E-state index contributed by atoms with van der Waals surface area (Å²) in [7, 11) is 0. The summed E-state index contributed by atoms with van der Waals surface area (Å²) in [6, 6.07) is 14.4. The fraction of sp³-hybridized carbons (Fsp3) is 0.385. The van der Waals surface area contributed by atoms with Gasteiger partial charge in [-0.2, -0.15) is 0 Å². The van der Waals surface area contributed by atoms with Crippen molar-refractivity contribution in [3.05, 3.63) is 48.0 Å². The van der Waals surface area contributed by atoms with E-state index in [1.54, 1.807) is 0 Å². The van der Waals surface area contributed by atoms with E-state index in [9.17, 15) is 4.79 Å². The molecule has 7 nitrogen and oxygen atoms in total. The van der Waals surface area contributed by atoms with Crippen LogP contribution in [0, 0.1) is 6.92 Å². The van der Waals surface area contributed by atoms with Crippen molar-refractivity contribution in [2.75, 3.05) is 55.0 Å². The second kappa shape index (κ2) is 8.32. The van der Waals surface area contributed by atoms with Gasteiger partial charge in [-0.3, -0.25) is 4.79 Å². The summed E-state index contributed by atoms with van der Waals surface area (Å²) in [6.45, 7) is 9.69. The van der Waals surface area contributed by atoms with Crippen molar-refractivity contribution >= 4 is 34.0 Å². The van der Waals surface area contributed by atoms with Gasteiger partial charge in [0.15, 0.2) is 0 Å². The highest BCUT2D eigenvalue weighted by Crippen LogP contribution is 2.38. The number of hydrogen-bond acceptors (Lipinski definition) is 6. The van der Waals surface area contributed by atoms with Crippen molar-refractivity contribution in [3.8, 4) is 11.1 Å². The van der Waals surface area contributed by atoms with Gasteiger partial charge in [0, 0.05) is 24.0 Å². The maximum atomic E-state index is 12.8. The van der Waals surface area contributed by atoms with E-state index < -0.39 is 5.60 Å². The third kappa shape index (κ3) is 4.14. The minimum atomic E-state index is -0.396. The third-order valence-electron chi connectivity index (χ3n) is 6.43. The van der Waals surface area contributed by atoms with Gasteiger partial charge in [-0.1, -0.05) is 18.2 Å². The molecule has 0 unspecified atom stereocenters. The van der Waals surface area contributed by atoms with Gasteiger partial charge in [-0.25, -0.2) is 4.98 Å². The van der Waals surface area contributed by atoms with Crippen LogP contribution in [0.15, 0.2) is 42.5 Å². The third-order valence-corrected chi connectivity index (χ3v) is 6.43. The molecule has 0 aliphatic carbocycles. The van der Waals surface area contributed by atoms with Crippen LogP contribution in [0.4, 0.5) is 17.2 Å². The lowest BCUT2D eigenvalue weighted by Gasteiger charge is -2.38. The Morgan fingerprint density at radius 2 is 1.85 bits per heavy atom. The van der Waals surface area contributed by atoms with Crippen molar-refractivity contribution in [3.63, 3.8) is 0 Å². The van der Waals surface area contributed by atoms with Crippen molar-refractivity contribution < 1.29 is 14.3 Å². The number of nitrogens with two attached hydrogens (primary N) is 1. The number of fused-ring (bicyclic) bond motifs is 1. The van der Waals surface area contributed by atoms with Crippen LogP contribution >= 0.6 is 0 Å². The van der Waals surface area contributed by atoms with Gasteiger partial charge in [-0.05, 0) is 56.2 Å². The smallest absolute Gasteiger partial charge is 0.253 e. The average Bonchev–Trinajstić information content (AvgIpc) is 2.80. The van der Waals surface area contributed by atoms with Gasteiger partial charge < -0.3 is 25.0 Å². The molecule has 0 saturated carbocycles. The first kappa shape index (κ1) is 21.7. The first-order valence-corrected chi connectivity index (χ1v) is 11.4. The molecule has 0 atom stereocenters. The SMILES string of the molecule is Cc1cccc(N2CC(C)(C)OCC2=O)c1-c1ccc2nc(N)c(N3CCOCC3)cc2c1. The quantitative estimate of drug-likeness (QED) is 0.660. The van der Waals surface area contributed by atoms with E-state index in [0.29, 0.717) is 25.6 Å². The highest BCUT2D eigenvalue weighted by molar-refractivity contribution is 6.01. The van der Waals surface area contributed by atoms with Gasteiger partial charge in [-0.15, -0.1) is 0 Å². The number of carbonyl (C=O) groups excluding carboxylic acids is 1. The molecule has 3 heterocycles. The Balaban J connectivity index is 1.60. The number of amides is 1. The number of aromatic nitrogens is 1. The summed E-state index contributed by atoms with van der Waals surface area (Å²) in [5, 5.41) is 1.02. The Morgan fingerprint density at radius 1 is 1.06 bits per heavy atom. The Morgan fingerprint density at radius 3 is 2.64 bits per heavy atom.